The highest BCUT2D eigenvalue weighted by molar-refractivity contribution is 9.10. The quantitative estimate of drug-likeness (QED) is 0.822. The number of hydrogen-bond acceptors (Lipinski definition) is 3. The molecule has 126 valence electrons. The first-order chi connectivity index (χ1) is 11.5. The molecule has 1 aliphatic heterocycles. The largest absolute Gasteiger partial charge is 0.326 e. The number of anilines is 1. The van der Waals surface area contributed by atoms with E-state index < -0.39 is 6.04 Å². The second-order valence-corrected chi connectivity index (χ2v) is 7.90. The van der Waals surface area contributed by atoms with Crippen LogP contribution in [0.25, 0.3) is 0 Å². The number of halogens is 1. The second-order valence-electron chi connectivity index (χ2n) is 6.04. The molecule has 1 saturated heterocycles. The van der Waals surface area contributed by atoms with Gasteiger partial charge in [-0.25, -0.2) is 0 Å². The van der Waals surface area contributed by atoms with E-state index in [1.54, 1.807) is 4.90 Å². The van der Waals surface area contributed by atoms with Gasteiger partial charge in [-0.15, -0.1) is 11.3 Å². The Labute approximate surface area is 154 Å². The molecule has 1 N–H and O–H groups in total. The highest BCUT2D eigenvalue weighted by atomic mass is 79.9. The third kappa shape index (κ3) is 3.39. The number of nitrogens with one attached hydrogen (secondary N) is 1. The van der Waals surface area contributed by atoms with Gasteiger partial charge in [-0.2, -0.15) is 0 Å². The molecular weight excluding hydrogens is 388 g/mol. The summed E-state index contributed by atoms with van der Waals surface area (Å²) >= 11 is 4.88. The summed E-state index contributed by atoms with van der Waals surface area (Å²) in [6, 6.07) is 7.22. The second kappa shape index (κ2) is 7.07. The van der Waals surface area contributed by atoms with Crippen molar-refractivity contribution in [3.63, 3.8) is 0 Å². The lowest BCUT2D eigenvalue weighted by Crippen LogP contribution is -2.43. The maximum atomic E-state index is 12.8. The monoisotopic (exact) mass is 406 g/mol. The molecule has 0 aliphatic carbocycles. The number of aryl methyl sites for hydroxylation is 2. The van der Waals surface area contributed by atoms with Gasteiger partial charge in [-0.1, -0.05) is 22.0 Å². The Bertz CT molecular complexity index is 750. The van der Waals surface area contributed by atoms with E-state index >= 15 is 0 Å². The normalized spacial score (nSPS) is 17.1. The summed E-state index contributed by atoms with van der Waals surface area (Å²) in [7, 11) is 0. The number of carbonyl (C=O) groups is 2. The molecule has 0 unspecified atom stereocenters. The first kappa shape index (κ1) is 17.2. The Morgan fingerprint density at radius 3 is 2.62 bits per heavy atom. The number of hydrogen-bond donors (Lipinski definition) is 1. The van der Waals surface area contributed by atoms with Crippen molar-refractivity contribution in [2.45, 2.75) is 32.7 Å². The maximum Gasteiger partial charge on any atom is 0.264 e. The fourth-order valence-corrected chi connectivity index (χ4v) is 4.50. The number of likely N-dealkylation sites (tertiary alicyclic amines) is 1. The maximum absolute atomic E-state index is 12.8. The van der Waals surface area contributed by atoms with E-state index in [0.717, 1.165) is 27.7 Å². The Kier molecular flexibility index (Phi) is 5.06. The molecule has 6 heteroatoms. The number of thiophene rings is 1. The number of carbonyl (C=O) groups excluding carboxylic acids is 2. The Hall–Kier alpha value is -1.66. The van der Waals surface area contributed by atoms with Crippen molar-refractivity contribution < 1.29 is 9.59 Å². The molecule has 0 spiro atoms. The zero-order valence-electron chi connectivity index (χ0n) is 13.6. The van der Waals surface area contributed by atoms with Gasteiger partial charge < -0.3 is 10.2 Å². The van der Waals surface area contributed by atoms with E-state index in [1.807, 2.05) is 43.5 Å². The van der Waals surface area contributed by atoms with Crippen molar-refractivity contribution in [3.8, 4) is 0 Å². The third-order valence-electron chi connectivity index (χ3n) is 4.29. The summed E-state index contributed by atoms with van der Waals surface area (Å²) in [5, 5.41) is 4.91. The molecule has 2 amide bonds. The van der Waals surface area contributed by atoms with Crippen LogP contribution in [-0.4, -0.2) is 29.3 Å². The third-order valence-corrected chi connectivity index (χ3v) is 5.61. The minimum absolute atomic E-state index is 0.0492. The zero-order chi connectivity index (χ0) is 17.3. The minimum Gasteiger partial charge on any atom is -0.326 e. The molecule has 0 saturated carbocycles. The lowest BCUT2D eigenvalue weighted by Gasteiger charge is -2.24. The lowest BCUT2D eigenvalue weighted by atomic mass is 10.1. The van der Waals surface area contributed by atoms with E-state index in [-0.39, 0.29) is 11.8 Å². The number of nitrogens with zero attached hydrogens (tertiary/aromatic N) is 1. The van der Waals surface area contributed by atoms with Crippen molar-refractivity contribution >= 4 is 44.8 Å². The van der Waals surface area contributed by atoms with Crippen molar-refractivity contribution in [3.05, 3.63) is 50.1 Å². The molecule has 1 fully saturated rings. The van der Waals surface area contributed by atoms with Gasteiger partial charge in [0.2, 0.25) is 5.91 Å². The van der Waals surface area contributed by atoms with Crippen LogP contribution < -0.4 is 5.32 Å². The van der Waals surface area contributed by atoms with Crippen LogP contribution in [0.15, 0.2) is 34.1 Å². The molecule has 2 heterocycles. The van der Waals surface area contributed by atoms with Gasteiger partial charge in [0.25, 0.3) is 5.91 Å². The molecule has 24 heavy (non-hydrogen) atoms. The summed E-state index contributed by atoms with van der Waals surface area (Å²) in [6.07, 6.45) is 1.56. The average Bonchev–Trinajstić information content (AvgIpc) is 3.20. The van der Waals surface area contributed by atoms with Crippen LogP contribution in [0, 0.1) is 13.8 Å². The first-order valence-electron chi connectivity index (χ1n) is 7.89. The number of rotatable bonds is 3. The van der Waals surface area contributed by atoms with Crippen LogP contribution in [0.5, 0.6) is 0 Å². The highest BCUT2D eigenvalue weighted by Crippen LogP contribution is 2.27. The van der Waals surface area contributed by atoms with Crippen molar-refractivity contribution in [1.29, 1.82) is 0 Å². The molecule has 1 aromatic heterocycles. The summed E-state index contributed by atoms with van der Waals surface area (Å²) < 4.78 is 0.992. The van der Waals surface area contributed by atoms with E-state index in [1.165, 1.54) is 11.3 Å². The van der Waals surface area contributed by atoms with Crippen LogP contribution in [0.2, 0.25) is 0 Å². The summed E-state index contributed by atoms with van der Waals surface area (Å²) in [6.45, 7) is 4.57. The van der Waals surface area contributed by atoms with Gasteiger partial charge >= 0.3 is 0 Å². The summed E-state index contributed by atoms with van der Waals surface area (Å²) in [5.74, 6) is -0.155. The summed E-state index contributed by atoms with van der Waals surface area (Å²) in [4.78, 5) is 27.8. The van der Waals surface area contributed by atoms with E-state index in [4.69, 9.17) is 0 Å². The predicted octanol–water partition coefficient (Wildman–Crippen LogP) is 4.37. The van der Waals surface area contributed by atoms with E-state index in [0.29, 0.717) is 17.8 Å². The number of amides is 2. The lowest BCUT2D eigenvalue weighted by molar-refractivity contribution is -0.119. The molecule has 2 aromatic rings. The summed E-state index contributed by atoms with van der Waals surface area (Å²) in [5.41, 5.74) is 2.84. The molecule has 0 bridgehead atoms. The SMILES string of the molecule is Cc1cc(Br)cc(C)c1NC(=O)[C@@H]1CCCN1C(=O)c1cccs1. The average molecular weight is 407 g/mol. The Morgan fingerprint density at radius 1 is 1.29 bits per heavy atom. The van der Waals surface area contributed by atoms with Gasteiger partial charge in [-0.3, -0.25) is 9.59 Å². The molecule has 3 rings (SSSR count). The van der Waals surface area contributed by atoms with Gasteiger partial charge in [0.05, 0.1) is 4.88 Å². The first-order valence-corrected chi connectivity index (χ1v) is 9.56. The highest BCUT2D eigenvalue weighted by Gasteiger charge is 2.35. The van der Waals surface area contributed by atoms with Crippen LogP contribution in [-0.2, 0) is 4.79 Å². The zero-order valence-corrected chi connectivity index (χ0v) is 16.0. The van der Waals surface area contributed by atoms with E-state index in [9.17, 15) is 9.59 Å². The Balaban J connectivity index is 1.78. The van der Waals surface area contributed by atoms with Gasteiger partial charge in [0.15, 0.2) is 0 Å². The van der Waals surface area contributed by atoms with Crippen molar-refractivity contribution in [2.24, 2.45) is 0 Å². The molecular formula is C18H19BrN2O2S. The predicted molar refractivity (Wildman–Crippen MR) is 101 cm³/mol. The van der Waals surface area contributed by atoms with Crippen molar-refractivity contribution in [2.75, 3.05) is 11.9 Å². The number of benzene rings is 1. The van der Waals surface area contributed by atoms with Crippen LogP contribution in [0.3, 0.4) is 0 Å². The van der Waals surface area contributed by atoms with Gasteiger partial charge in [0.1, 0.15) is 6.04 Å². The molecule has 1 aromatic carbocycles. The topological polar surface area (TPSA) is 49.4 Å². The fourth-order valence-electron chi connectivity index (χ4n) is 3.14. The molecule has 0 radical (unpaired) electrons. The molecule has 1 aliphatic rings. The van der Waals surface area contributed by atoms with Crippen LogP contribution in [0.4, 0.5) is 5.69 Å². The smallest absolute Gasteiger partial charge is 0.264 e. The van der Waals surface area contributed by atoms with E-state index in [2.05, 4.69) is 21.2 Å². The Morgan fingerprint density at radius 2 is 2.00 bits per heavy atom. The minimum atomic E-state index is -0.401. The van der Waals surface area contributed by atoms with Gasteiger partial charge in [-0.05, 0) is 61.4 Å². The van der Waals surface area contributed by atoms with Crippen LogP contribution >= 0.6 is 27.3 Å². The fraction of sp³-hybridized carbons (Fsp3) is 0.333. The molecule has 4 nitrogen and oxygen atoms in total. The van der Waals surface area contributed by atoms with Crippen LogP contribution in [0.1, 0.15) is 33.6 Å². The van der Waals surface area contributed by atoms with Crippen molar-refractivity contribution in [1.82, 2.24) is 4.90 Å². The van der Waals surface area contributed by atoms with Gasteiger partial charge in [0, 0.05) is 16.7 Å². The molecule has 1 atom stereocenters. The standard InChI is InChI=1S/C18H19BrN2O2S/c1-11-9-13(19)10-12(2)16(11)20-17(22)14-5-3-7-21(14)18(23)15-6-4-8-24-15/h4,6,8-10,14H,3,5,7H2,1-2H3,(H,20,22)/t14-/m0/s1.